The standard InChI is InChI=1S/C12H24O4/c1-9-2-3-11(8-10(15)4-6-13)16-12(9)5-7-14/h9-15H,2-8H2,1H3/t9-,10-,11+,12+/m0/s1. The first-order valence-corrected chi connectivity index (χ1v) is 6.22. The number of rotatable bonds is 6. The van der Waals surface area contributed by atoms with Crippen LogP contribution in [0.1, 0.15) is 39.0 Å². The van der Waals surface area contributed by atoms with E-state index in [0.29, 0.717) is 25.2 Å². The Labute approximate surface area is 97.2 Å². The van der Waals surface area contributed by atoms with Crippen LogP contribution >= 0.6 is 0 Å². The normalized spacial score (nSPS) is 32.6. The van der Waals surface area contributed by atoms with Crippen LogP contribution in [0.15, 0.2) is 0 Å². The first kappa shape index (κ1) is 13.9. The van der Waals surface area contributed by atoms with E-state index >= 15 is 0 Å². The molecule has 4 nitrogen and oxygen atoms in total. The molecule has 0 amide bonds. The number of aliphatic hydroxyl groups excluding tert-OH is 3. The Kier molecular flexibility index (Phi) is 6.28. The highest BCUT2D eigenvalue weighted by Crippen LogP contribution is 2.28. The lowest BCUT2D eigenvalue weighted by Gasteiger charge is -2.35. The van der Waals surface area contributed by atoms with Gasteiger partial charge in [-0.2, -0.15) is 0 Å². The second-order valence-corrected chi connectivity index (χ2v) is 4.77. The molecule has 0 aromatic rings. The van der Waals surface area contributed by atoms with Crippen LogP contribution < -0.4 is 0 Å². The fourth-order valence-corrected chi connectivity index (χ4v) is 2.31. The lowest BCUT2D eigenvalue weighted by Crippen LogP contribution is -2.36. The Morgan fingerprint density at radius 3 is 2.62 bits per heavy atom. The highest BCUT2D eigenvalue weighted by atomic mass is 16.5. The van der Waals surface area contributed by atoms with Gasteiger partial charge in [0.05, 0.1) is 18.3 Å². The SMILES string of the molecule is C[C@H]1CC[C@H](C[C@@H](O)CCO)O[C@@H]1CCO. The Hall–Kier alpha value is -0.160. The van der Waals surface area contributed by atoms with Gasteiger partial charge in [0.1, 0.15) is 0 Å². The molecule has 4 heteroatoms. The van der Waals surface area contributed by atoms with Gasteiger partial charge in [-0.3, -0.25) is 0 Å². The van der Waals surface area contributed by atoms with E-state index in [-0.39, 0.29) is 25.4 Å². The van der Waals surface area contributed by atoms with Crippen molar-refractivity contribution in [2.75, 3.05) is 13.2 Å². The molecule has 16 heavy (non-hydrogen) atoms. The molecule has 0 bridgehead atoms. The predicted molar refractivity (Wildman–Crippen MR) is 61.1 cm³/mol. The minimum Gasteiger partial charge on any atom is -0.396 e. The van der Waals surface area contributed by atoms with Gasteiger partial charge in [-0.05, 0) is 38.0 Å². The summed E-state index contributed by atoms with van der Waals surface area (Å²) < 4.78 is 5.85. The van der Waals surface area contributed by atoms with Gasteiger partial charge in [0.25, 0.3) is 0 Å². The van der Waals surface area contributed by atoms with Gasteiger partial charge in [0.2, 0.25) is 0 Å². The van der Waals surface area contributed by atoms with E-state index in [2.05, 4.69) is 6.92 Å². The molecule has 1 aliphatic heterocycles. The molecular formula is C12H24O4. The summed E-state index contributed by atoms with van der Waals surface area (Å²) in [4.78, 5) is 0. The summed E-state index contributed by atoms with van der Waals surface area (Å²) in [5, 5.41) is 27.2. The van der Waals surface area contributed by atoms with Gasteiger partial charge in [-0.15, -0.1) is 0 Å². The topological polar surface area (TPSA) is 69.9 Å². The van der Waals surface area contributed by atoms with Crippen molar-refractivity contribution in [3.8, 4) is 0 Å². The second-order valence-electron chi connectivity index (χ2n) is 4.77. The van der Waals surface area contributed by atoms with E-state index in [4.69, 9.17) is 14.9 Å². The van der Waals surface area contributed by atoms with Crippen LogP contribution in [0.2, 0.25) is 0 Å². The van der Waals surface area contributed by atoms with Gasteiger partial charge in [0.15, 0.2) is 0 Å². The summed E-state index contributed by atoms with van der Waals surface area (Å²) in [5.74, 6) is 0.485. The van der Waals surface area contributed by atoms with Crippen LogP contribution in [-0.4, -0.2) is 46.8 Å². The van der Waals surface area contributed by atoms with Crippen LogP contribution in [0.5, 0.6) is 0 Å². The lowest BCUT2D eigenvalue weighted by molar-refractivity contribution is -0.101. The van der Waals surface area contributed by atoms with Crippen LogP contribution in [0.4, 0.5) is 0 Å². The summed E-state index contributed by atoms with van der Waals surface area (Å²) in [5.41, 5.74) is 0. The highest BCUT2D eigenvalue weighted by Gasteiger charge is 2.28. The summed E-state index contributed by atoms with van der Waals surface area (Å²) in [6, 6.07) is 0. The Balaban J connectivity index is 2.33. The number of aliphatic hydroxyl groups is 3. The summed E-state index contributed by atoms with van der Waals surface area (Å²) in [6.45, 7) is 2.31. The molecule has 0 aromatic heterocycles. The Morgan fingerprint density at radius 1 is 1.25 bits per heavy atom. The molecule has 96 valence electrons. The number of hydrogen-bond acceptors (Lipinski definition) is 4. The predicted octanol–water partition coefficient (Wildman–Crippen LogP) is 0.686. The van der Waals surface area contributed by atoms with Crippen LogP contribution in [0.25, 0.3) is 0 Å². The molecule has 0 spiro atoms. The highest BCUT2D eigenvalue weighted by molar-refractivity contribution is 4.78. The van der Waals surface area contributed by atoms with E-state index in [1.54, 1.807) is 0 Å². The molecule has 1 aliphatic rings. The molecule has 1 saturated heterocycles. The molecule has 0 saturated carbocycles. The maximum atomic E-state index is 9.59. The third-order valence-electron chi connectivity index (χ3n) is 3.36. The minimum atomic E-state index is -0.474. The van der Waals surface area contributed by atoms with Gasteiger partial charge in [-0.25, -0.2) is 0 Å². The van der Waals surface area contributed by atoms with E-state index in [9.17, 15) is 5.11 Å². The maximum Gasteiger partial charge on any atom is 0.0626 e. The second kappa shape index (κ2) is 7.22. The molecule has 3 N–H and O–H groups in total. The van der Waals surface area contributed by atoms with E-state index in [0.717, 1.165) is 12.8 Å². The molecule has 0 aromatic carbocycles. The summed E-state index contributed by atoms with van der Waals surface area (Å²) >= 11 is 0. The van der Waals surface area contributed by atoms with E-state index in [1.807, 2.05) is 0 Å². The molecule has 1 fully saturated rings. The zero-order valence-electron chi connectivity index (χ0n) is 10.0. The third kappa shape index (κ3) is 4.37. The Morgan fingerprint density at radius 2 is 2.00 bits per heavy atom. The maximum absolute atomic E-state index is 9.59. The van der Waals surface area contributed by atoms with Crippen molar-refractivity contribution in [3.05, 3.63) is 0 Å². The summed E-state index contributed by atoms with van der Waals surface area (Å²) in [7, 11) is 0. The smallest absolute Gasteiger partial charge is 0.0626 e. The molecule has 0 unspecified atom stereocenters. The van der Waals surface area contributed by atoms with Gasteiger partial charge < -0.3 is 20.1 Å². The average molecular weight is 232 g/mol. The molecular weight excluding hydrogens is 208 g/mol. The van der Waals surface area contributed by atoms with Crippen molar-refractivity contribution in [2.24, 2.45) is 5.92 Å². The summed E-state index contributed by atoms with van der Waals surface area (Å²) in [6.07, 6.45) is 3.45. The van der Waals surface area contributed by atoms with Crippen molar-refractivity contribution in [1.29, 1.82) is 0 Å². The quantitative estimate of drug-likeness (QED) is 0.630. The number of hydrogen-bond donors (Lipinski definition) is 3. The molecule has 0 radical (unpaired) electrons. The first-order chi connectivity index (χ1) is 7.67. The Bertz CT molecular complexity index is 186. The van der Waals surface area contributed by atoms with Crippen molar-refractivity contribution in [2.45, 2.75) is 57.3 Å². The average Bonchev–Trinajstić information content (AvgIpc) is 2.24. The van der Waals surface area contributed by atoms with Crippen LogP contribution in [0, 0.1) is 5.92 Å². The van der Waals surface area contributed by atoms with E-state index < -0.39 is 6.10 Å². The van der Waals surface area contributed by atoms with Crippen molar-refractivity contribution in [1.82, 2.24) is 0 Å². The zero-order chi connectivity index (χ0) is 12.0. The fraction of sp³-hybridized carbons (Fsp3) is 1.00. The van der Waals surface area contributed by atoms with Crippen molar-refractivity contribution >= 4 is 0 Å². The third-order valence-corrected chi connectivity index (χ3v) is 3.36. The van der Waals surface area contributed by atoms with E-state index in [1.165, 1.54) is 0 Å². The molecule has 4 atom stereocenters. The van der Waals surface area contributed by atoms with Gasteiger partial charge >= 0.3 is 0 Å². The molecule has 1 rings (SSSR count). The lowest BCUT2D eigenvalue weighted by atomic mass is 9.90. The van der Waals surface area contributed by atoms with Crippen LogP contribution in [0.3, 0.4) is 0 Å². The zero-order valence-corrected chi connectivity index (χ0v) is 10.0. The van der Waals surface area contributed by atoms with Gasteiger partial charge in [0, 0.05) is 13.2 Å². The first-order valence-electron chi connectivity index (χ1n) is 6.22. The molecule has 0 aliphatic carbocycles. The van der Waals surface area contributed by atoms with Crippen molar-refractivity contribution in [3.63, 3.8) is 0 Å². The number of ether oxygens (including phenoxy) is 1. The van der Waals surface area contributed by atoms with Gasteiger partial charge in [-0.1, -0.05) is 6.92 Å². The largest absolute Gasteiger partial charge is 0.396 e. The monoisotopic (exact) mass is 232 g/mol. The minimum absolute atomic E-state index is 0.0182. The van der Waals surface area contributed by atoms with Crippen LogP contribution in [-0.2, 0) is 4.74 Å². The van der Waals surface area contributed by atoms with Crippen molar-refractivity contribution < 1.29 is 20.1 Å². The molecule has 1 heterocycles. The fourth-order valence-electron chi connectivity index (χ4n) is 2.31.